The van der Waals surface area contributed by atoms with Crippen molar-refractivity contribution in [3.63, 3.8) is 0 Å². The summed E-state index contributed by atoms with van der Waals surface area (Å²) in [7, 11) is 0. The second-order valence-electron chi connectivity index (χ2n) is 5.73. The van der Waals surface area contributed by atoms with Gasteiger partial charge in [-0.3, -0.25) is 4.79 Å². The molecular weight excluding hydrogens is 272 g/mol. The Morgan fingerprint density at radius 1 is 0.773 bits per heavy atom. The van der Waals surface area contributed by atoms with Crippen LogP contribution in [0.15, 0.2) is 36.5 Å². The fourth-order valence-corrected chi connectivity index (χ4v) is 2.26. The Bertz CT molecular complexity index is 327. The van der Waals surface area contributed by atoms with E-state index >= 15 is 0 Å². The van der Waals surface area contributed by atoms with Gasteiger partial charge < -0.3 is 5.11 Å². The van der Waals surface area contributed by atoms with Crippen molar-refractivity contribution in [1.82, 2.24) is 0 Å². The summed E-state index contributed by atoms with van der Waals surface area (Å²) in [6, 6.07) is 0. The van der Waals surface area contributed by atoms with Crippen molar-refractivity contribution in [3.8, 4) is 0 Å². The molecule has 0 aliphatic carbocycles. The van der Waals surface area contributed by atoms with Gasteiger partial charge in [0.25, 0.3) is 0 Å². The first-order valence-electron chi connectivity index (χ1n) is 8.95. The fourth-order valence-electron chi connectivity index (χ4n) is 2.26. The van der Waals surface area contributed by atoms with E-state index in [1.54, 1.807) is 0 Å². The topological polar surface area (TPSA) is 37.3 Å². The smallest absolute Gasteiger partial charge is 0.303 e. The second-order valence-corrected chi connectivity index (χ2v) is 5.73. The third kappa shape index (κ3) is 18.7. The van der Waals surface area contributed by atoms with Crippen LogP contribution < -0.4 is 0 Å². The normalized spacial score (nSPS) is 12.0. The molecule has 0 aromatic heterocycles. The summed E-state index contributed by atoms with van der Waals surface area (Å²) in [6.45, 7) is 2.14. The van der Waals surface area contributed by atoms with Gasteiger partial charge in [0.15, 0.2) is 0 Å². The van der Waals surface area contributed by atoms with Crippen molar-refractivity contribution >= 4 is 5.97 Å². The van der Waals surface area contributed by atoms with Crippen molar-refractivity contribution < 1.29 is 9.90 Å². The molecule has 0 rings (SSSR count). The Balaban J connectivity index is 3.18. The van der Waals surface area contributed by atoms with Crippen molar-refractivity contribution in [1.29, 1.82) is 0 Å². The summed E-state index contributed by atoms with van der Waals surface area (Å²) < 4.78 is 0. The minimum atomic E-state index is -0.666. The molecule has 0 atom stereocenters. The molecule has 0 saturated carbocycles. The van der Waals surface area contributed by atoms with E-state index in [4.69, 9.17) is 5.11 Å². The molecule has 1 N–H and O–H groups in total. The Hall–Kier alpha value is -1.31. The average Bonchev–Trinajstić information content (AvgIpc) is 2.50. The lowest BCUT2D eigenvalue weighted by atomic mass is 10.1. The van der Waals surface area contributed by atoms with Gasteiger partial charge >= 0.3 is 5.97 Å². The van der Waals surface area contributed by atoms with E-state index in [1.165, 1.54) is 44.9 Å². The third-order valence-corrected chi connectivity index (χ3v) is 3.57. The highest BCUT2D eigenvalue weighted by molar-refractivity contribution is 5.66. The third-order valence-electron chi connectivity index (χ3n) is 3.57. The number of hydrogen-bond acceptors (Lipinski definition) is 1. The first kappa shape index (κ1) is 20.7. The van der Waals surface area contributed by atoms with E-state index in [0.29, 0.717) is 6.42 Å². The minimum absolute atomic E-state index is 0.330. The summed E-state index contributed by atoms with van der Waals surface area (Å²) in [5.41, 5.74) is 0. The van der Waals surface area contributed by atoms with E-state index in [-0.39, 0.29) is 0 Å². The van der Waals surface area contributed by atoms with Crippen LogP contribution >= 0.6 is 0 Å². The number of carbonyl (C=O) groups is 1. The molecule has 2 nitrogen and oxygen atoms in total. The zero-order chi connectivity index (χ0) is 16.3. The Morgan fingerprint density at radius 2 is 1.36 bits per heavy atom. The molecule has 22 heavy (non-hydrogen) atoms. The molecule has 2 heteroatoms. The lowest BCUT2D eigenvalue weighted by Crippen LogP contribution is -1.93. The predicted molar refractivity (Wildman–Crippen MR) is 96.1 cm³/mol. The minimum Gasteiger partial charge on any atom is -0.481 e. The van der Waals surface area contributed by atoms with Crippen LogP contribution in [-0.2, 0) is 4.79 Å². The lowest BCUT2D eigenvalue weighted by Gasteiger charge is -2.00. The molecular formula is C20H34O2. The molecule has 0 radical (unpaired) electrons. The maximum Gasteiger partial charge on any atom is 0.303 e. The summed E-state index contributed by atoms with van der Waals surface area (Å²) in [5.74, 6) is -0.666. The van der Waals surface area contributed by atoms with Crippen molar-refractivity contribution in [2.75, 3.05) is 0 Å². The van der Waals surface area contributed by atoms with E-state index < -0.39 is 5.97 Å². The van der Waals surface area contributed by atoms with Crippen LogP contribution in [0, 0.1) is 0 Å². The van der Waals surface area contributed by atoms with E-state index in [2.05, 4.69) is 43.4 Å². The summed E-state index contributed by atoms with van der Waals surface area (Å²) in [4.78, 5) is 10.3. The van der Waals surface area contributed by atoms with Crippen LogP contribution in [0.3, 0.4) is 0 Å². The molecule has 0 unspecified atom stereocenters. The van der Waals surface area contributed by atoms with Gasteiger partial charge in [-0.1, -0.05) is 81.9 Å². The van der Waals surface area contributed by atoms with Gasteiger partial charge in [0.05, 0.1) is 0 Å². The van der Waals surface area contributed by atoms with E-state index in [0.717, 1.165) is 25.7 Å². The quantitative estimate of drug-likeness (QED) is 0.215. The van der Waals surface area contributed by atoms with Crippen LogP contribution in [0.2, 0.25) is 0 Å². The standard InChI is InChI=1S/C20H34O2/c1-2-3-4-5-6-7-8-9-10-11-12-13-14-15-16-17-18-19-20(21)22/h3-6,8-9H,2,7,10-19H2,1H3,(H,21,22)/b4-3+,6-5+,9-8+. The predicted octanol–water partition coefficient (Wildman–Crippen LogP) is 6.44. The molecule has 0 spiro atoms. The van der Waals surface area contributed by atoms with Gasteiger partial charge in [-0.05, 0) is 32.1 Å². The number of unbranched alkanes of at least 4 members (excludes halogenated alkanes) is 8. The van der Waals surface area contributed by atoms with Gasteiger partial charge in [-0.25, -0.2) is 0 Å². The molecule has 0 aromatic rings. The number of aliphatic carboxylic acids is 1. The second kappa shape index (κ2) is 17.7. The van der Waals surface area contributed by atoms with Crippen LogP contribution in [0.25, 0.3) is 0 Å². The fraction of sp³-hybridized carbons (Fsp3) is 0.650. The number of carboxylic acid groups (broad SMARTS) is 1. The molecule has 0 aliphatic rings. The Labute approximate surface area is 137 Å². The first-order chi connectivity index (χ1) is 10.8. The highest BCUT2D eigenvalue weighted by atomic mass is 16.4. The van der Waals surface area contributed by atoms with Crippen molar-refractivity contribution in [2.45, 2.75) is 84.0 Å². The Kier molecular flexibility index (Phi) is 16.7. The van der Waals surface area contributed by atoms with Gasteiger partial charge in [-0.15, -0.1) is 0 Å². The van der Waals surface area contributed by atoms with Crippen molar-refractivity contribution in [2.24, 2.45) is 0 Å². The summed E-state index contributed by atoms with van der Waals surface area (Å²) >= 11 is 0. The molecule has 0 aliphatic heterocycles. The maximum absolute atomic E-state index is 10.3. The number of carboxylic acids is 1. The summed E-state index contributed by atoms with van der Waals surface area (Å²) in [6.07, 6.45) is 26.3. The van der Waals surface area contributed by atoms with Crippen LogP contribution in [0.5, 0.6) is 0 Å². The Morgan fingerprint density at radius 3 is 2.00 bits per heavy atom. The molecule has 0 bridgehead atoms. The summed E-state index contributed by atoms with van der Waals surface area (Å²) in [5, 5.41) is 8.53. The van der Waals surface area contributed by atoms with Crippen molar-refractivity contribution in [3.05, 3.63) is 36.5 Å². The molecule has 126 valence electrons. The first-order valence-corrected chi connectivity index (χ1v) is 8.95. The highest BCUT2D eigenvalue weighted by Crippen LogP contribution is 2.10. The van der Waals surface area contributed by atoms with Crippen LogP contribution in [0.4, 0.5) is 0 Å². The molecule has 0 saturated heterocycles. The average molecular weight is 306 g/mol. The molecule has 0 amide bonds. The SMILES string of the molecule is CC/C=C/C=C/C/C=C/CCCCCCCCCCC(=O)O. The molecule has 0 aromatic carbocycles. The molecule has 0 fully saturated rings. The number of hydrogen-bond donors (Lipinski definition) is 1. The van der Waals surface area contributed by atoms with Crippen LogP contribution in [-0.4, -0.2) is 11.1 Å². The van der Waals surface area contributed by atoms with Gasteiger partial charge in [0, 0.05) is 6.42 Å². The number of allylic oxidation sites excluding steroid dienone is 6. The van der Waals surface area contributed by atoms with Crippen LogP contribution in [0.1, 0.15) is 84.0 Å². The van der Waals surface area contributed by atoms with Gasteiger partial charge in [-0.2, -0.15) is 0 Å². The molecule has 0 heterocycles. The number of rotatable bonds is 15. The van der Waals surface area contributed by atoms with E-state index in [9.17, 15) is 4.79 Å². The van der Waals surface area contributed by atoms with Gasteiger partial charge in [0.2, 0.25) is 0 Å². The highest BCUT2D eigenvalue weighted by Gasteiger charge is 1.96. The van der Waals surface area contributed by atoms with E-state index in [1.807, 2.05) is 0 Å². The van der Waals surface area contributed by atoms with Gasteiger partial charge in [0.1, 0.15) is 0 Å². The largest absolute Gasteiger partial charge is 0.481 e. The monoisotopic (exact) mass is 306 g/mol. The zero-order valence-corrected chi connectivity index (χ0v) is 14.3. The zero-order valence-electron chi connectivity index (χ0n) is 14.3. The lowest BCUT2D eigenvalue weighted by molar-refractivity contribution is -0.137. The maximum atomic E-state index is 10.3.